The summed E-state index contributed by atoms with van der Waals surface area (Å²) in [5, 5.41) is 0.824. The van der Waals surface area contributed by atoms with Crippen molar-refractivity contribution in [1.29, 1.82) is 0 Å². The molecule has 1 spiro atoms. The van der Waals surface area contributed by atoms with Crippen LogP contribution in [0.2, 0.25) is 5.02 Å². The maximum atomic E-state index is 12.2. The van der Waals surface area contributed by atoms with Gasteiger partial charge in [-0.1, -0.05) is 29.8 Å². The van der Waals surface area contributed by atoms with Crippen LogP contribution in [0.15, 0.2) is 24.3 Å². The third-order valence-electron chi connectivity index (χ3n) is 4.95. The summed E-state index contributed by atoms with van der Waals surface area (Å²) in [6.07, 6.45) is 1.06. The van der Waals surface area contributed by atoms with Crippen molar-refractivity contribution in [3.8, 4) is 0 Å². The molecule has 2 heterocycles. The molecule has 0 bridgehead atoms. The number of nitrogens with zero attached hydrogens (tertiary/aromatic N) is 2. The number of amides is 1. The molecular formula is C18H25ClN2O2. The summed E-state index contributed by atoms with van der Waals surface area (Å²) < 4.78 is 5.70. The number of hydrogen-bond donors (Lipinski definition) is 0. The zero-order valence-corrected chi connectivity index (χ0v) is 14.7. The Labute approximate surface area is 143 Å². The number of ether oxygens (including phenoxy) is 1. The minimum absolute atomic E-state index is 0.0533. The van der Waals surface area contributed by atoms with Crippen molar-refractivity contribution < 1.29 is 9.53 Å². The van der Waals surface area contributed by atoms with E-state index in [1.807, 2.05) is 23.1 Å². The Morgan fingerprint density at radius 2 is 2.09 bits per heavy atom. The molecule has 0 N–H and O–H groups in total. The molecule has 0 aliphatic carbocycles. The largest absolute Gasteiger partial charge is 0.371 e. The van der Waals surface area contributed by atoms with Crippen LogP contribution in [0.3, 0.4) is 0 Å². The van der Waals surface area contributed by atoms with Gasteiger partial charge in [-0.15, -0.1) is 0 Å². The van der Waals surface area contributed by atoms with E-state index in [0.29, 0.717) is 6.61 Å². The highest BCUT2D eigenvalue weighted by molar-refractivity contribution is 6.31. The van der Waals surface area contributed by atoms with Gasteiger partial charge in [-0.3, -0.25) is 9.69 Å². The summed E-state index contributed by atoms with van der Waals surface area (Å²) in [6.45, 7) is 8.66. The summed E-state index contributed by atoms with van der Waals surface area (Å²) in [4.78, 5) is 16.6. The fraction of sp³-hybridized carbons (Fsp3) is 0.611. The van der Waals surface area contributed by atoms with E-state index in [1.165, 1.54) is 0 Å². The Kier molecular flexibility index (Phi) is 4.95. The van der Waals surface area contributed by atoms with E-state index < -0.39 is 0 Å². The second kappa shape index (κ2) is 6.80. The van der Waals surface area contributed by atoms with Crippen LogP contribution in [0.25, 0.3) is 0 Å². The maximum absolute atomic E-state index is 12.2. The molecule has 5 heteroatoms. The van der Waals surface area contributed by atoms with E-state index in [-0.39, 0.29) is 24.0 Å². The van der Waals surface area contributed by atoms with Gasteiger partial charge in [-0.25, -0.2) is 0 Å². The van der Waals surface area contributed by atoms with Gasteiger partial charge >= 0.3 is 0 Å². The van der Waals surface area contributed by atoms with Gasteiger partial charge in [0.25, 0.3) is 0 Å². The van der Waals surface area contributed by atoms with Gasteiger partial charge in [-0.2, -0.15) is 0 Å². The highest BCUT2D eigenvalue weighted by atomic mass is 35.5. The quantitative estimate of drug-likeness (QED) is 0.851. The maximum Gasteiger partial charge on any atom is 0.248 e. The van der Waals surface area contributed by atoms with Crippen molar-refractivity contribution in [2.75, 3.05) is 32.8 Å². The van der Waals surface area contributed by atoms with Crippen molar-refractivity contribution in [3.63, 3.8) is 0 Å². The molecule has 0 aromatic heterocycles. The fourth-order valence-electron chi connectivity index (χ4n) is 3.68. The molecule has 2 aliphatic rings. The first-order chi connectivity index (χ1) is 11.0. The predicted molar refractivity (Wildman–Crippen MR) is 91.4 cm³/mol. The summed E-state index contributed by atoms with van der Waals surface area (Å²) in [5.41, 5.74) is 1.22. The van der Waals surface area contributed by atoms with Gasteiger partial charge < -0.3 is 9.64 Å². The first-order valence-electron chi connectivity index (χ1n) is 8.32. The van der Waals surface area contributed by atoms with E-state index in [4.69, 9.17) is 16.3 Å². The Morgan fingerprint density at radius 1 is 1.30 bits per heavy atom. The number of carbonyl (C=O) groups is 1. The van der Waals surface area contributed by atoms with E-state index in [0.717, 1.165) is 43.2 Å². The molecule has 126 valence electrons. The average molecular weight is 337 g/mol. The first kappa shape index (κ1) is 16.7. The molecule has 1 atom stereocenters. The minimum Gasteiger partial charge on any atom is -0.371 e. The van der Waals surface area contributed by atoms with Crippen LogP contribution in [0.4, 0.5) is 0 Å². The van der Waals surface area contributed by atoms with Crippen LogP contribution >= 0.6 is 11.6 Å². The van der Waals surface area contributed by atoms with Crippen LogP contribution in [0.1, 0.15) is 25.8 Å². The third-order valence-corrected chi connectivity index (χ3v) is 5.32. The van der Waals surface area contributed by atoms with Gasteiger partial charge in [0.15, 0.2) is 0 Å². The molecule has 0 saturated carbocycles. The number of benzene rings is 1. The lowest BCUT2D eigenvalue weighted by Crippen LogP contribution is -2.45. The average Bonchev–Trinajstić information content (AvgIpc) is 2.81. The number of carbonyl (C=O) groups excluding carboxylic acids is 1. The standard InChI is InChI=1S/C18H25ClN2O2/c1-14(2)21-12-18(13-23-10-17(21)22)7-8-20(11-18)9-15-5-3-4-6-16(15)19/h3-6,14H,7-13H2,1-2H3. The molecular weight excluding hydrogens is 312 g/mol. The Hall–Kier alpha value is -1.10. The lowest BCUT2D eigenvalue weighted by molar-refractivity contribution is -0.135. The normalized spacial score (nSPS) is 26.3. The Morgan fingerprint density at radius 3 is 2.83 bits per heavy atom. The second-order valence-corrected chi connectivity index (χ2v) is 7.57. The monoisotopic (exact) mass is 336 g/mol. The highest BCUT2D eigenvalue weighted by Crippen LogP contribution is 2.35. The van der Waals surface area contributed by atoms with Gasteiger partial charge in [0.1, 0.15) is 6.61 Å². The molecule has 2 aliphatic heterocycles. The topological polar surface area (TPSA) is 32.8 Å². The van der Waals surface area contributed by atoms with Gasteiger partial charge in [0.2, 0.25) is 5.91 Å². The van der Waals surface area contributed by atoms with Crippen LogP contribution < -0.4 is 0 Å². The predicted octanol–water partition coefficient (Wildman–Crippen LogP) is 2.80. The fourth-order valence-corrected chi connectivity index (χ4v) is 3.88. The lowest BCUT2D eigenvalue weighted by Gasteiger charge is -2.34. The summed E-state index contributed by atoms with van der Waals surface area (Å²) in [5.74, 6) is 0.112. The van der Waals surface area contributed by atoms with Crippen molar-refractivity contribution in [1.82, 2.24) is 9.80 Å². The molecule has 1 amide bonds. The SMILES string of the molecule is CC(C)N1CC2(CCN(Cc3ccccc3Cl)C2)COCC1=O. The van der Waals surface area contributed by atoms with E-state index in [1.54, 1.807) is 0 Å². The molecule has 1 unspecified atom stereocenters. The van der Waals surface area contributed by atoms with Crippen LogP contribution in [0, 0.1) is 5.41 Å². The summed E-state index contributed by atoms with van der Waals surface area (Å²) >= 11 is 6.29. The molecule has 2 saturated heterocycles. The molecule has 3 rings (SSSR count). The number of likely N-dealkylation sites (tertiary alicyclic amines) is 1. The number of halogens is 1. The number of hydrogen-bond acceptors (Lipinski definition) is 3. The Bertz CT molecular complexity index is 578. The van der Waals surface area contributed by atoms with Crippen molar-refractivity contribution >= 4 is 17.5 Å². The zero-order chi connectivity index (χ0) is 16.4. The molecule has 1 aromatic rings. The van der Waals surface area contributed by atoms with E-state index in [9.17, 15) is 4.79 Å². The number of rotatable bonds is 3. The minimum atomic E-state index is 0.0533. The zero-order valence-electron chi connectivity index (χ0n) is 13.9. The van der Waals surface area contributed by atoms with Crippen LogP contribution in [-0.2, 0) is 16.1 Å². The molecule has 4 nitrogen and oxygen atoms in total. The van der Waals surface area contributed by atoms with Crippen LogP contribution in [-0.4, -0.2) is 54.6 Å². The van der Waals surface area contributed by atoms with Crippen molar-refractivity contribution in [3.05, 3.63) is 34.9 Å². The van der Waals surface area contributed by atoms with Gasteiger partial charge in [-0.05, 0) is 38.4 Å². The third kappa shape index (κ3) is 3.70. The van der Waals surface area contributed by atoms with Gasteiger partial charge in [0, 0.05) is 36.1 Å². The molecule has 1 aromatic carbocycles. The van der Waals surface area contributed by atoms with Crippen molar-refractivity contribution in [2.24, 2.45) is 5.41 Å². The van der Waals surface area contributed by atoms with Gasteiger partial charge in [0.05, 0.1) is 6.61 Å². The first-order valence-corrected chi connectivity index (χ1v) is 8.70. The van der Waals surface area contributed by atoms with Crippen LogP contribution in [0.5, 0.6) is 0 Å². The second-order valence-electron chi connectivity index (χ2n) is 7.16. The summed E-state index contributed by atoms with van der Waals surface area (Å²) in [7, 11) is 0. The molecule has 23 heavy (non-hydrogen) atoms. The lowest BCUT2D eigenvalue weighted by atomic mass is 9.87. The smallest absolute Gasteiger partial charge is 0.248 e. The summed E-state index contributed by atoms with van der Waals surface area (Å²) in [6, 6.07) is 8.24. The Balaban J connectivity index is 1.70. The molecule has 0 radical (unpaired) electrons. The van der Waals surface area contributed by atoms with E-state index in [2.05, 4.69) is 24.8 Å². The van der Waals surface area contributed by atoms with Crippen molar-refractivity contribution in [2.45, 2.75) is 32.9 Å². The molecule has 2 fully saturated rings. The van der Waals surface area contributed by atoms with E-state index >= 15 is 0 Å². The highest BCUT2D eigenvalue weighted by Gasteiger charge is 2.43.